The molecule has 0 aliphatic heterocycles. The normalized spacial score (nSPS) is 10.3. The number of fused-ring (bicyclic) bond motifs is 1. The zero-order valence-electron chi connectivity index (χ0n) is 9.64. The zero-order valence-corrected chi connectivity index (χ0v) is 9.64. The molecular formula is C13H13N3O2. The number of carbonyl (C=O) groups excluding carboxylic acids is 2. The van der Waals surface area contributed by atoms with E-state index in [4.69, 9.17) is 11.6 Å². The molecule has 0 saturated heterocycles. The third-order valence-corrected chi connectivity index (χ3v) is 2.74. The number of hydrazine groups is 1. The van der Waals surface area contributed by atoms with Gasteiger partial charge in [-0.25, -0.2) is 5.84 Å². The third-order valence-electron chi connectivity index (χ3n) is 2.74. The molecule has 0 spiro atoms. The Hall–Kier alpha value is -2.24. The molecule has 0 aliphatic rings. The van der Waals surface area contributed by atoms with Gasteiger partial charge in [-0.2, -0.15) is 0 Å². The minimum atomic E-state index is -0.348. The lowest BCUT2D eigenvalue weighted by molar-refractivity contribution is 0.0952. The Labute approximate surface area is 104 Å². The molecule has 2 aromatic carbocycles. The Morgan fingerprint density at radius 1 is 1.00 bits per heavy atom. The van der Waals surface area contributed by atoms with Gasteiger partial charge in [-0.15, -0.1) is 0 Å². The SMILES string of the molecule is NCC(=O)c1ccc2cc(C(=O)NN)ccc2c1. The number of benzene rings is 2. The average Bonchev–Trinajstić information content (AvgIpc) is 2.44. The van der Waals surface area contributed by atoms with E-state index in [1.165, 1.54) is 0 Å². The molecule has 5 nitrogen and oxygen atoms in total. The summed E-state index contributed by atoms with van der Waals surface area (Å²) in [6.45, 7) is -0.0147. The van der Waals surface area contributed by atoms with E-state index in [0.717, 1.165) is 10.8 Å². The van der Waals surface area contributed by atoms with Gasteiger partial charge in [0.05, 0.1) is 6.54 Å². The third kappa shape index (κ3) is 2.22. The van der Waals surface area contributed by atoms with E-state index in [0.29, 0.717) is 11.1 Å². The Morgan fingerprint density at radius 3 is 2.11 bits per heavy atom. The maximum Gasteiger partial charge on any atom is 0.265 e. The van der Waals surface area contributed by atoms with E-state index >= 15 is 0 Å². The van der Waals surface area contributed by atoms with Gasteiger partial charge in [-0.3, -0.25) is 15.0 Å². The van der Waals surface area contributed by atoms with Crippen molar-refractivity contribution in [3.05, 3.63) is 47.5 Å². The fourth-order valence-electron chi connectivity index (χ4n) is 1.76. The van der Waals surface area contributed by atoms with Crippen LogP contribution in [0.1, 0.15) is 20.7 Å². The van der Waals surface area contributed by atoms with Crippen molar-refractivity contribution in [1.29, 1.82) is 0 Å². The molecular weight excluding hydrogens is 230 g/mol. The van der Waals surface area contributed by atoms with E-state index < -0.39 is 0 Å². The maximum absolute atomic E-state index is 11.5. The van der Waals surface area contributed by atoms with E-state index in [9.17, 15) is 9.59 Å². The highest BCUT2D eigenvalue weighted by molar-refractivity contribution is 6.03. The molecule has 0 atom stereocenters. The molecule has 2 rings (SSSR count). The van der Waals surface area contributed by atoms with Crippen LogP contribution in [0.25, 0.3) is 10.8 Å². The first-order valence-corrected chi connectivity index (χ1v) is 5.43. The van der Waals surface area contributed by atoms with Crippen molar-refractivity contribution < 1.29 is 9.59 Å². The van der Waals surface area contributed by atoms with Gasteiger partial charge in [-0.05, 0) is 29.0 Å². The highest BCUT2D eigenvalue weighted by atomic mass is 16.2. The van der Waals surface area contributed by atoms with Gasteiger partial charge >= 0.3 is 0 Å². The van der Waals surface area contributed by atoms with E-state index in [-0.39, 0.29) is 18.2 Å². The van der Waals surface area contributed by atoms with Crippen molar-refractivity contribution in [2.75, 3.05) is 6.54 Å². The number of nitrogens with two attached hydrogens (primary N) is 2. The smallest absolute Gasteiger partial charge is 0.265 e. The standard InChI is InChI=1S/C13H13N3O2/c14-7-12(17)10-3-1-9-6-11(13(18)16-15)4-2-8(9)5-10/h1-6H,7,14-15H2,(H,16,18). The minimum Gasteiger partial charge on any atom is -0.324 e. The molecule has 5 heteroatoms. The number of amides is 1. The van der Waals surface area contributed by atoms with E-state index in [1.54, 1.807) is 36.4 Å². The van der Waals surface area contributed by atoms with Crippen LogP contribution >= 0.6 is 0 Å². The predicted octanol–water partition coefficient (Wildman–Crippen LogP) is 0.585. The monoisotopic (exact) mass is 243 g/mol. The number of Topliss-reactive ketones (excluding diaryl/α,β-unsaturated/α-hetero) is 1. The Kier molecular flexibility index (Phi) is 3.36. The molecule has 0 saturated carbocycles. The second-order valence-corrected chi connectivity index (χ2v) is 3.88. The van der Waals surface area contributed by atoms with Crippen molar-refractivity contribution in [2.45, 2.75) is 0 Å². The van der Waals surface area contributed by atoms with E-state index in [1.807, 2.05) is 0 Å². The van der Waals surface area contributed by atoms with Crippen molar-refractivity contribution >= 4 is 22.5 Å². The van der Waals surface area contributed by atoms with Crippen LogP contribution in [0.5, 0.6) is 0 Å². The van der Waals surface area contributed by atoms with Gasteiger partial charge in [0.25, 0.3) is 5.91 Å². The van der Waals surface area contributed by atoms with Crippen molar-refractivity contribution in [2.24, 2.45) is 11.6 Å². The summed E-state index contributed by atoms with van der Waals surface area (Å²) >= 11 is 0. The van der Waals surface area contributed by atoms with Gasteiger partial charge in [0.1, 0.15) is 0 Å². The highest BCUT2D eigenvalue weighted by Crippen LogP contribution is 2.18. The summed E-state index contributed by atoms with van der Waals surface area (Å²) in [6, 6.07) is 10.4. The van der Waals surface area contributed by atoms with Crippen LogP contribution < -0.4 is 17.0 Å². The molecule has 0 radical (unpaired) electrons. The number of carbonyl (C=O) groups is 2. The summed E-state index contributed by atoms with van der Waals surface area (Å²) in [6.07, 6.45) is 0. The second kappa shape index (κ2) is 4.95. The molecule has 0 aromatic heterocycles. The first-order valence-electron chi connectivity index (χ1n) is 5.43. The van der Waals surface area contributed by atoms with Crippen molar-refractivity contribution in [3.63, 3.8) is 0 Å². The predicted molar refractivity (Wildman–Crippen MR) is 69.0 cm³/mol. The minimum absolute atomic E-state index is 0.0147. The molecule has 0 unspecified atom stereocenters. The molecule has 92 valence electrons. The molecule has 1 amide bonds. The van der Waals surface area contributed by atoms with Crippen LogP contribution in [-0.2, 0) is 0 Å². The highest BCUT2D eigenvalue weighted by Gasteiger charge is 2.07. The summed E-state index contributed by atoms with van der Waals surface area (Å²) in [4.78, 5) is 22.8. The quantitative estimate of drug-likeness (QED) is 0.318. The summed E-state index contributed by atoms with van der Waals surface area (Å²) in [7, 11) is 0. The molecule has 0 fully saturated rings. The Bertz CT molecular complexity index is 567. The van der Waals surface area contributed by atoms with Crippen molar-refractivity contribution in [3.8, 4) is 0 Å². The topological polar surface area (TPSA) is 98.2 Å². The number of nitrogens with one attached hydrogen (secondary N) is 1. The van der Waals surface area contributed by atoms with Crippen LogP contribution in [0.4, 0.5) is 0 Å². The average molecular weight is 243 g/mol. The number of nitrogen functional groups attached to an aromatic ring is 1. The van der Waals surface area contributed by atoms with Crippen LogP contribution in [0.2, 0.25) is 0 Å². The zero-order chi connectivity index (χ0) is 13.1. The largest absolute Gasteiger partial charge is 0.324 e. The fraction of sp³-hybridized carbons (Fsp3) is 0.0769. The van der Waals surface area contributed by atoms with E-state index in [2.05, 4.69) is 5.43 Å². The van der Waals surface area contributed by atoms with Gasteiger partial charge in [0.2, 0.25) is 0 Å². The Balaban J connectivity index is 2.48. The molecule has 18 heavy (non-hydrogen) atoms. The number of ketones is 1. The van der Waals surface area contributed by atoms with Crippen molar-refractivity contribution in [1.82, 2.24) is 5.43 Å². The molecule has 2 aromatic rings. The molecule has 0 aliphatic carbocycles. The lowest BCUT2D eigenvalue weighted by Crippen LogP contribution is -2.29. The van der Waals surface area contributed by atoms with Gasteiger partial charge < -0.3 is 5.73 Å². The van der Waals surface area contributed by atoms with Crippen LogP contribution in [-0.4, -0.2) is 18.2 Å². The first kappa shape index (κ1) is 12.2. The summed E-state index contributed by atoms with van der Waals surface area (Å²) < 4.78 is 0. The number of hydrogen-bond acceptors (Lipinski definition) is 4. The van der Waals surface area contributed by atoms with Crippen LogP contribution in [0.15, 0.2) is 36.4 Å². The van der Waals surface area contributed by atoms with Gasteiger partial charge in [-0.1, -0.05) is 18.2 Å². The molecule has 5 N–H and O–H groups in total. The lowest BCUT2D eigenvalue weighted by Gasteiger charge is -2.04. The van der Waals surface area contributed by atoms with Crippen LogP contribution in [0, 0.1) is 0 Å². The Morgan fingerprint density at radius 2 is 1.56 bits per heavy atom. The maximum atomic E-state index is 11.5. The fourth-order valence-corrected chi connectivity index (χ4v) is 1.76. The molecule has 0 bridgehead atoms. The van der Waals surface area contributed by atoms with Crippen LogP contribution in [0.3, 0.4) is 0 Å². The first-order chi connectivity index (χ1) is 8.65. The lowest BCUT2D eigenvalue weighted by atomic mass is 10.0. The van der Waals surface area contributed by atoms with Gasteiger partial charge in [0.15, 0.2) is 5.78 Å². The molecule has 0 heterocycles. The van der Waals surface area contributed by atoms with Gasteiger partial charge in [0, 0.05) is 11.1 Å². The summed E-state index contributed by atoms with van der Waals surface area (Å²) in [5.74, 6) is 4.61. The number of hydrogen-bond donors (Lipinski definition) is 3. The summed E-state index contributed by atoms with van der Waals surface area (Å²) in [5, 5.41) is 1.74. The summed E-state index contributed by atoms with van der Waals surface area (Å²) in [5.41, 5.74) is 8.43. The number of rotatable bonds is 3. The second-order valence-electron chi connectivity index (χ2n) is 3.88.